The smallest absolute Gasteiger partial charge is 0.337 e. The minimum Gasteiger partial charge on any atom is -0.459 e. The molecule has 5 rings (SSSR count). The Labute approximate surface area is 212 Å². The number of anilines is 1. The molecule has 2 aromatic carbocycles. The van der Waals surface area contributed by atoms with Crippen LogP contribution in [0.1, 0.15) is 68.4 Å². The van der Waals surface area contributed by atoms with Crippen molar-refractivity contribution in [2.75, 3.05) is 19.0 Å². The third-order valence-electron chi connectivity index (χ3n) is 7.72. The number of nitrogens with zero attached hydrogens (tertiary/aromatic N) is 1. The van der Waals surface area contributed by atoms with Gasteiger partial charge in [0, 0.05) is 48.7 Å². The van der Waals surface area contributed by atoms with Gasteiger partial charge in [-0.05, 0) is 68.7 Å². The van der Waals surface area contributed by atoms with Crippen LogP contribution in [0.15, 0.2) is 71.1 Å². The Balaban J connectivity index is 1.52. The van der Waals surface area contributed by atoms with Gasteiger partial charge < -0.3 is 15.0 Å². The van der Waals surface area contributed by atoms with Gasteiger partial charge in [0.2, 0.25) is 0 Å². The van der Waals surface area contributed by atoms with Crippen molar-refractivity contribution >= 4 is 17.4 Å². The fraction of sp³-hybridized carbons (Fsp3) is 0.400. The molecule has 5 nitrogen and oxygen atoms in total. The number of benzene rings is 2. The van der Waals surface area contributed by atoms with Crippen LogP contribution in [-0.4, -0.2) is 32.0 Å². The Morgan fingerprint density at radius 3 is 2.39 bits per heavy atom. The molecular weight excluding hydrogens is 455 g/mol. The lowest BCUT2D eigenvalue weighted by molar-refractivity contribution is -0.144. The minimum absolute atomic E-state index is 0.0148. The first-order chi connectivity index (χ1) is 17.3. The van der Waals surface area contributed by atoms with Crippen LogP contribution in [0.5, 0.6) is 0 Å². The SMILES string of the molecule is CC1=C(C(=O)OC2CCCC2)[C@H](c2ccccc2F)C2=C(C[C@@H](c3ccc(N(C)C)cc3)CC2=O)N1. The average molecular weight is 489 g/mol. The summed E-state index contributed by atoms with van der Waals surface area (Å²) in [7, 11) is 3.99. The van der Waals surface area contributed by atoms with Gasteiger partial charge in [0.1, 0.15) is 11.9 Å². The van der Waals surface area contributed by atoms with E-state index in [-0.39, 0.29) is 17.8 Å². The van der Waals surface area contributed by atoms with Gasteiger partial charge in [-0.3, -0.25) is 4.79 Å². The highest BCUT2D eigenvalue weighted by atomic mass is 19.1. The highest BCUT2D eigenvalue weighted by molar-refractivity contribution is 6.04. The molecule has 0 aromatic heterocycles. The second-order valence-corrected chi connectivity index (χ2v) is 10.3. The molecule has 0 bridgehead atoms. The van der Waals surface area contributed by atoms with Crippen molar-refractivity contribution in [3.63, 3.8) is 0 Å². The molecule has 1 saturated carbocycles. The van der Waals surface area contributed by atoms with E-state index in [0.717, 1.165) is 42.6 Å². The fourth-order valence-electron chi connectivity index (χ4n) is 5.83. The maximum Gasteiger partial charge on any atom is 0.337 e. The zero-order valence-electron chi connectivity index (χ0n) is 21.1. The number of allylic oxidation sites excluding steroid dienone is 3. The van der Waals surface area contributed by atoms with Gasteiger partial charge in [-0.25, -0.2) is 9.18 Å². The lowest BCUT2D eigenvalue weighted by Gasteiger charge is -2.37. The van der Waals surface area contributed by atoms with Crippen molar-refractivity contribution in [2.45, 2.75) is 63.4 Å². The Kier molecular flexibility index (Phi) is 6.69. The lowest BCUT2D eigenvalue weighted by atomic mass is 9.71. The topological polar surface area (TPSA) is 58.6 Å². The molecule has 1 fully saturated rings. The highest BCUT2D eigenvalue weighted by Crippen LogP contribution is 2.46. The number of esters is 1. The molecule has 0 spiro atoms. The van der Waals surface area contributed by atoms with Crippen molar-refractivity contribution < 1.29 is 18.7 Å². The molecule has 6 heteroatoms. The zero-order valence-corrected chi connectivity index (χ0v) is 21.1. The number of hydrogen-bond donors (Lipinski definition) is 1. The molecule has 36 heavy (non-hydrogen) atoms. The summed E-state index contributed by atoms with van der Waals surface area (Å²) >= 11 is 0. The number of carbonyl (C=O) groups is 2. The first-order valence-corrected chi connectivity index (χ1v) is 12.8. The second-order valence-electron chi connectivity index (χ2n) is 10.3. The van der Waals surface area contributed by atoms with Crippen LogP contribution in [0.25, 0.3) is 0 Å². The van der Waals surface area contributed by atoms with Crippen LogP contribution in [0, 0.1) is 5.82 Å². The number of dihydropyridines is 1. The summed E-state index contributed by atoms with van der Waals surface area (Å²) in [5.74, 6) is -1.70. The molecule has 0 saturated heterocycles. The Morgan fingerprint density at radius 1 is 1.03 bits per heavy atom. The van der Waals surface area contributed by atoms with Crippen molar-refractivity contribution in [1.29, 1.82) is 0 Å². The summed E-state index contributed by atoms with van der Waals surface area (Å²) in [5.41, 5.74) is 4.76. The molecular formula is C30H33FN2O3. The van der Waals surface area contributed by atoms with Crippen molar-refractivity contribution in [1.82, 2.24) is 5.32 Å². The molecule has 0 unspecified atom stereocenters. The van der Waals surface area contributed by atoms with E-state index in [1.807, 2.05) is 25.9 Å². The first-order valence-electron chi connectivity index (χ1n) is 12.8. The van der Waals surface area contributed by atoms with Gasteiger partial charge in [-0.1, -0.05) is 30.3 Å². The zero-order chi connectivity index (χ0) is 25.4. The summed E-state index contributed by atoms with van der Waals surface area (Å²) in [5, 5.41) is 3.36. The summed E-state index contributed by atoms with van der Waals surface area (Å²) in [4.78, 5) is 29.2. The lowest BCUT2D eigenvalue weighted by Crippen LogP contribution is -2.37. The molecule has 0 amide bonds. The van der Waals surface area contributed by atoms with E-state index >= 15 is 4.39 Å². The molecule has 2 aliphatic carbocycles. The van der Waals surface area contributed by atoms with E-state index in [2.05, 4.69) is 29.6 Å². The number of nitrogens with one attached hydrogen (secondary N) is 1. The normalized spacial score (nSPS) is 22.4. The van der Waals surface area contributed by atoms with Crippen molar-refractivity contribution in [3.05, 3.63) is 88.0 Å². The molecule has 1 heterocycles. The summed E-state index contributed by atoms with van der Waals surface area (Å²) < 4.78 is 21.0. The number of Topliss-reactive ketones (excluding diaryl/α,β-unsaturated/α-hetero) is 1. The third-order valence-corrected chi connectivity index (χ3v) is 7.72. The van der Waals surface area contributed by atoms with E-state index in [1.165, 1.54) is 6.07 Å². The molecule has 2 atom stereocenters. The monoisotopic (exact) mass is 488 g/mol. The van der Waals surface area contributed by atoms with Gasteiger partial charge in [-0.15, -0.1) is 0 Å². The van der Waals surface area contributed by atoms with Crippen LogP contribution < -0.4 is 10.2 Å². The molecule has 1 aliphatic heterocycles. The van der Waals surface area contributed by atoms with Gasteiger partial charge >= 0.3 is 5.97 Å². The van der Waals surface area contributed by atoms with E-state index < -0.39 is 17.7 Å². The van der Waals surface area contributed by atoms with E-state index in [0.29, 0.717) is 35.2 Å². The second kappa shape index (κ2) is 9.92. The molecule has 0 radical (unpaired) electrons. The molecule has 2 aromatic rings. The Bertz CT molecular complexity index is 1240. The molecule has 3 aliphatic rings. The third kappa shape index (κ3) is 4.57. The average Bonchev–Trinajstić information content (AvgIpc) is 3.36. The maximum atomic E-state index is 15.1. The largest absolute Gasteiger partial charge is 0.459 e. The van der Waals surface area contributed by atoms with Gasteiger partial charge in [0.25, 0.3) is 0 Å². The van der Waals surface area contributed by atoms with E-state index in [9.17, 15) is 9.59 Å². The van der Waals surface area contributed by atoms with Crippen molar-refractivity contribution in [2.24, 2.45) is 0 Å². The van der Waals surface area contributed by atoms with Gasteiger partial charge in [0.05, 0.1) is 11.5 Å². The number of ether oxygens (including phenoxy) is 1. The number of hydrogen-bond acceptors (Lipinski definition) is 5. The number of halogens is 1. The van der Waals surface area contributed by atoms with Gasteiger partial charge in [0.15, 0.2) is 5.78 Å². The van der Waals surface area contributed by atoms with Gasteiger partial charge in [-0.2, -0.15) is 0 Å². The standard InChI is InChI=1S/C30H33FN2O3/c1-18-27(30(35)36-22-8-4-5-9-22)28(23-10-6-7-11-24(23)31)29-25(32-18)16-20(17-26(29)34)19-12-14-21(15-13-19)33(2)3/h6-7,10-15,20,22,28,32H,4-5,8-9,16-17H2,1-3H3/t20-,28+/m1/s1. The van der Waals surface area contributed by atoms with Crippen LogP contribution in [0.2, 0.25) is 0 Å². The van der Waals surface area contributed by atoms with E-state index in [1.54, 1.807) is 18.2 Å². The summed E-state index contributed by atoms with van der Waals surface area (Å²) in [6, 6.07) is 14.7. The molecule has 188 valence electrons. The number of ketones is 1. The summed E-state index contributed by atoms with van der Waals surface area (Å²) in [6.07, 6.45) is 4.58. The predicted molar refractivity (Wildman–Crippen MR) is 138 cm³/mol. The maximum absolute atomic E-state index is 15.1. The fourth-order valence-corrected chi connectivity index (χ4v) is 5.83. The van der Waals surface area contributed by atoms with Crippen LogP contribution in [0.4, 0.5) is 10.1 Å². The number of rotatable bonds is 5. The van der Waals surface area contributed by atoms with E-state index in [4.69, 9.17) is 4.74 Å². The summed E-state index contributed by atoms with van der Waals surface area (Å²) in [6.45, 7) is 1.82. The highest BCUT2D eigenvalue weighted by Gasteiger charge is 2.42. The van der Waals surface area contributed by atoms with Crippen LogP contribution >= 0.6 is 0 Å². The Hall–Kier alpha value is -3.41. The first kappa shape index (κ1) is 24.3. The minimum atomic E-state index is -0.777. The molecule has 1 N–H and O–H groups in total. The van der Waals surface area contributed by atoms with Crippen LogP contribution in [-0.2, 0) is 14.3 Å². The van der Waals surface area contributed by atoms with Crippen molar-refractivity contribution in [3.8, 4) is 0 Å². The Morgan fingerprint density at radius 2 is 1.72 bits per heavy atom. The predicted octanol–water partition coefficient (Wildman–Crippen LogP) is 5.74. The quantitative estimate of drug-likeness (QED) is 0.544. The van der Waals surface area contributed by atoms with Crippen LogP contribution in [0.3, 0.4) is 0 Å². The number of carbonyl (C=O) groups excluding carboxylic acids is 2.